The number of aromatic nitrogens is 2. The Hall–Kier alpha value is -0.960. The summed E-state index contributed by atoms with van der Waals surface area (Å²) in [7, 11) is 0. The third-order valence-electron chi connectivity index (χ3n) is 2.25. The molecule has 70 valence electrons. The minimum absolute atomic E-state index is 0.660. The van der Waals surface area contributed by atoms with Crippen LogP contribution in [0.25, 0.3) is 0 Å². The van der Waals surface area contributed by atoms with E-state index >= 15 is 0 Å². The summed E-state index contributed by atoms with van der Waals surface area (Å²) in [6, 6.07) is 0. The van der Waals surface area contributed by atoms with E-state index in [0.29, 0.717) is 5.92 Å². The predicted molar refractivity (Wildman–Crippen MR) is 51.4 cm³/mol. The first kappa shape index (κ1) is 8.63. The number of hydrogen-bond donors (Lipinski definition) is 1. The van der Waals surface area contributed by atoms with Crippen molar-refractivity contribution in [3.8, 4) is 0 Å². The molecule has 0 spiro atoms. The lowest BCUT2D eigenvalue weighted by atomic mass is 10.3. The fourth-order valence-electron chi connectivity index (χ4n) is 1.28. The summed E-state index contributed by atoms with van der Waals surface area (Å²) in [4.78, 5) is 8.68. The molecular formula is C10H15N3. The molecule has 0 aliphatic heterocycles. The van der Waals surface area contributed by atoms with Crippen LogP contribution in [0.3, 0.4) is 0 Å². The van der Waals surface area contributed by atoms with E-state index in [1.807, 2.05) is 12.4 Å². The van der Waals surface area contributed by atoms with Crippen molar-refractivity contribution >= 4 is 0 Å². The van der Waals surface area contributed by atoms with Crippen LogP contribution in [0.2, 0.25) is 0 Å². The number of hydrogen-bond acceptors (Lipinski definition) is 3. The van der Waals surface area contributed by atoms with Gasteiger partial charge in [-0.2, -0.15) is 0 Å². The van der Waals surface area contributed by atoms with E-state index in [2.05, 4.69) is 22.2 Å². The zero-order chi connectivity index (χ0) is 9.10. The Morgan fingerprint density at radius 2 is 2.08 bits per heavy atom. The molecule has 0 amide bonds. The van der Waals surface area contributed by atoms with Gasteiger partial charge in [-0.1, -0.05) is 6.92 Å². The monoisotopic (exact) mass is 177 g/mol. The van der Waals surface area contributed by atoms with E-state index in [1.165, 1.54) is 18.4 Å². The number of nitrogens with zero attached hydrogens (tertiary/aromatic N) is 2. The van der Waals surface area contributed by atoms with Gasteiger partial charge in [0, 0.05) is 30.4 Å². The highest BCUT2D eigenvalue weighted by atomic mass is 14.9. The first-order valence-corrected chi connectivity index (χ1v) is 4.91. The summed E-state index contributed by atoms with van der Waals surface area (Å²) >= 11 is 0. The van der Waals surface area contributed by atoms with Gasteiger partial charge in [0.05, 0.1) is 0 Å². The molecule has 2 rings (SSSR count). The highest BCUT2D eigenvalue weighted by Crippen LogP contribution is 2.37. The van der Waals surface area contributed by atoms with Crippen LogP contribution < -0.4 is 5.32 Å². The molecule has 0 unspecified atom stereocenters. The van der Waals surface area contributed by atoms with Crippen molar-refractivity contribution < 1.29 is 0 Å². The van der Waals surface area contributed by atoms with Crippen LogP contribution in [-0.4, -0.2) is 16.5 Å². The standard InChI is InChI=1S/C10H15N3/c1-2-11-5-8-6-12-10(13-7-8)9-3-4-9/h6-7,9,11H,2-5H2,1H3. The van der Waals surface area contributed by atoms with Gasteiger partial charge in [-0.15, -0.1) is 0 Å². The molecule has 1 aromatic heterocycles. The Morgan fingerprint density at radius 1 is 1.38 bits per heavy atom. The number of nitrogens with one attached hydrogen (secondary N) is 1. The first-order chi connectivity index (χ1) is 6.40. The van der Waals surface area contributed by atoms with Crippen LogP contribution in [0.5, 0.6) is 0 Å². The fraction of sp³-hybridized carbons (Fsp3) is 0.600. The molecule has 1 N–H and O–H groups in total. The van der Waals surface area contributed by atoms with Crippen molar-refractivity contribution in [1.29, 1.82) is 0 Å². The lowest BCUT2D eigenvalue weighted by molar-refractivity contribution is 0.717. The van der Waals surface area contributed by atoms with Gasteiger partial charge < -0.3 is 5.32 Å². The van der Waals surface area contributed by atoms with Crippen molar-refractivity contribution in [3.63, 3.8) is 0 Å². The van der Waals surface area contributed by atoms with E-state index in [-0.39, 0.29) is 0 Å². The number of rotatable bonds is 4. The molecule has 0 aromatic carbocycles. The van der Waals surface area contributed by atoms with E-state index in [9.17, 15) is 0 Å². The molecule has 13 heavy (non-hydrogen) atoms. The molecule has 1 aliphatic carbocycles. The van der Waals surface area contributed by atoms with Crippen molar-refractivity contribution in [2.45, 2.75) is 32.2 Å². The molecule has 3 nitrogen and oxygen atoms in total. The van der Waals surface area contributed by atoms with Gasteiger partial charge in [0.15, 0.2) is 0 Å². The average Bonchev–Trinajstić information content (AvgIpc) is 2.99. The second-order valence-electron chi connectivity index (χ2n) is 3.50. The lowest BCUT2D eigenvalue weighted by Gasteiger charge is -2.01. The Labute approximate surface area is 78.6 Å². The molecule has 0 saturated heterocycles. The second-order valence-corrected chi connectivity index (χ2v) is 3.50. The first-order valence-electron chi connectivity index (χ1n) is 4.91. The quantitative estimate of drug-likeness (QED) is 0.756. The summed E-state index contributed by atoms with van der Waals surface area (Å²) < 4.78 is 0. The molecule has 1 heterocycles. The van der Waals surface area contributed by atoms with Crippen LogP contribution >= 0.6 is 0 Å². The van der Waals surface area contributed by atoms with E-state index < -0.39 is 0 Å². The smallest absolute Gasteiger partial charge is 0.131 e. The van der Waals surface area contributed by atoms with Gasteiger partial charge >= 0.3 is 0 Å². The van der Waals surface area contributed by atoms with Gasteiger partial charge in [0.1, 0.15) is 5.82 Å². The molecule has 0 atom stereocenters. The maximum Gasteiger partial charge on any atom is 0.131 e. The highest BCUT2D eigenvalue weighted by Gasteiger charge is 2.25. The molecule has 1 fully saturated rings. The van der Waals surface area contributed by atoms with Crippen molar-refractivity contribution in [2.24, 2.45) is 0 Å². The molecule has 1 aromatic rings. The topological polar surface area (TPSA) is 37.8 Å². The molecule has 3 heteroatoms. The summed E-state index contributed by atoms with van der Waals surface area (Å²) in [5.74, 6) is 1.69. The van der Waals surface area contributed by atoms with Crippen LogP contribution in [-0.2, 0) is 6.54 Å². The Balaban J connectivity index is 1.96. The highest BCUT2D eigenvalue weighted by molar-refractivity contribution is 5.10. The molecule has 1 aliphatic rings. The third kappa shape index (κ3) is 2.25. The van der Waals surface area contributed by atoms with Crippen LogP contribution in [0.15, 0.2) is 12.4 Å². The summed E-state index contributed by atoms with van der Waals surface area (Å²) in [5.41, 5.74) is 1.17. The molecule has 0 radical (unpaired) electrons. The Bertz CT molecular complexity index is 264. The van der Waals surface area contributed by atoms with E-state index in [0.717, 1.165) is 18.9 Å². The van der Waals surface area contributed by atoms with Gasteiger partial charge in [0.25, 0.3) is 0 Å². The average molecular weight is 177 g/mol. The lowest BCUT2D eigenvalue weighted by Crippen LogP contribution is -2.12. The van der Waals surface area contributed by atoms with Crippen molar-refractivity contribution in [2.75, 3.05) is 6.54 Å². The van der Waals surface area contributed by atoms with Crippen LogP contribution in [0.1, 0.15) is 37.1 Å². The molecule has 1 saturated carbocycles. The van der Waals surface area contributed by atoms with Gasteiger partial charge in [-0.25, -0.2) is 9.97 Å². The maximum absolute atomic E-state index is 4.34. The predicted octanol–water partition coefficient (Wildman–Crippen LogP) is 1.46. The molecule has 0 bridgehead atoms. The second kappa shape index (κ2) is 3.83. The van der Waals surface area contributed by atoms with Gasteiger partial charge in [-0.05, 0) is 19.4 Å². The minimum Gasteiger partial charge on any atom is -0.313 e. The minimum atomic E-state index is 0.660. The Kier molecular flexibility index (Phi) is 2.54. The van der Waals surface area contributed by atoms with Crippen molar-refractivity contribution in [1.82, 2.24) is 15.3 Å². The van der Waals surface area contributed by atoms with Crippen LogP contribution in [0.4, 0.5) is 0 Å². The third-order valence-corrected chi connectivity index (χ3v) is 2.25. The van der Waals surface area contributed by atoms with Crippen LogP contribution in [0, 0.1) is 0 Å². The van der Waals surface area contributed by atoms with Crippen molar-refractivity contribution in [3.05, 3.63) is 23.8 Å². The zero-order valence-electron chi connectivity index (χ0n) is 7.95. The van der Waals surface area contributed by atoms with E-state index in [1.54, 1.807) is 0 Å². The molecular weight excluding hydrogens is 162 g/mol. The van der Waals surface area contributed by atoms with E-state index in [4.69, 9.17) is 0 Å². The fourth-order valence-corrected chi connectivity index (χ4v) is 1.28. The summed E-state index contributed by atoms with van der Waals surface area (Å²) in [6.45, 7) is 3.96. The summed E-state index contributed by atoms with van der Waals surface area (Å²) in [6.07, 6.45) is 6.41. The SMILES string of the molecule is CCNCc1cnc(C2CC2)nc1. The maximum atomic E-state index is 4.34. The Morgan fingerprint density at radius 3 is 2.62 bits per heavy atom. The largest absolute Gasteiger partial charge is 0.313 e. The summed E-state index contributed by atoms with van der Waals surface area (Å²) in [5, 5.41) is 3.25. The normalized spacial score (nSPS) is 16.1. The zero-order valence-corrected chi connectivity index (χ0v) is 7.95. The van der Waals surface area contributed by atoms with Gasteiger partial charge in [-0.3, -0.25) is 0 Å². The van der Waals surface area contributed by atoms with Gasteiger partial charge in [0.2, 0.25) is 0 Å².